The van der Waals surface area contributed by atoms with Gasteiger partial charge in [-0.25, -0.2) is 0 Å². The van der Waals surface area contributed by atoms with Gasteiger partial charge in [-0.3, -0.25) is 9.48 Å². The van der Waals surface area contributed by atoms with Crippen LogP contribution in [0.15, 0.2) is 30.5 Å². The van der Waals surface area contributed by atoms with E-state index in [4.69, 9.17) is 5.73 Å². The van der Waals surface area contributed by atoms with Crippen LogP contribution in [0.25, 0.3) is 0 Å². The van der Waals surface area contributed by atoms with Crippen molar-refractivity contribution in [2.75, 3.05) is 5.73 Å². The minimum absolute atomic E-state index is 0.113. The number of aryl methyl sites for hydroxylation is 1. The average Bonchev–Trinajstić information content (AvgIpc) is 2.68. The maximum Gasteiger partial charge on any atom is 0.251 e. The fraction of sp³-hybridized carbons (Fsp3) is 0.231. The van der Waals surface area contributed by atoms with Crippen LogP contribution in [0.2, 0.25) is 0 Å². The van der Waals surface area contributed by atoms with Gasteiger partial charge >= 0.3 is 0 Å². The standard InChI is InChI=1S/C13H16N4O/c1-9-11(8-16-17(9)2)7-15-13(18)10-3-5-12(14)6-4-10/h3-6,8H,7,14H2,1-2H3,(H,15,18). The summed E-state index contributed by atoms with van der Waals surface area (Å²) in [5.74, 6) is -0.113. The van der Waals surface area contributed by atoms with Crippen LogP contribution < -0.4 is 11.1 Å². The first kappa shape index (κ1) is 12.2. The molecule has 94 valence electrons. The number of amides is 1. The lowest BCUT2D eigenvalue weighted by atomic mass is 10.2. The molecule has 5 heteroatoms. The van der Waals surface area contributed by atoms with Gasteiger partial charge in [0.1, 0.15) is 0 Å². The van der Waals surface area contributed by atoms with E-state index in [1.807, 2.05) is 14.0 Å². The Morgan fingerprint density at radius 2 is 2.06 bits per heavy atom. The van der Waals surface area contributed by atoms with Gasteiger partial charge in [0, 0.05) is 36.1 Å². The predicted octanol–water partition coefficient (Wildman–Crippen LogP) is 1.24. The third-order valence-corrected chi connectivity index (χ3v) is 2.95. The Kier molecular flexibility index (Phi) is 3.32. The largest absolute Gasteiger partial charge is 0.399 e. The molecular formula is C13H16N4O. The van der Waals surface area contributed by atoms with E-state index in [9.17, 15) is 4.79 Å². The molecule has 0 saturated heterocycles. The number of benzene rings is 1. The molecule has 0 atom stereocenters. The van der Waals surface area contributed by atoms with E-state index in [0.29, 0.717) is 17.8 Å². The molecule has 0 spiro atoms. The Balaban J connectivity index is 2.00. The quantitative estimate of drug-likeness (QED) is 0.798. The molecular weight excluding hydrogens is 228 g/mol. The number of carbonyl (C=O) groups is 1. The van der Waals surface area contributed by atoms with Crippen molar-refractivity contribution in [1.29, 1.82) is 0 Å². The van der Waals surface area contributed by atoms with E-state index < -0.39 is 0 Å². The SMILES string of the molecule is Cc1c(CNC(=O)c2ccc(N)cc2)cnn1C. The lowest BCUT2D eigenvalue weighted by Crippen LogP contribution is -2.23. The molecule has 0 aliphatic rings. The van der Waals surface area contributed by atoms with Crippen LogP contribution in [0, 0.1) is 6.92 Å². The molecule has 0 aliphatic carbocycles. The van der Waals surface area contributed by atoms with Crippen LogP contribution in [-0.2, 0) is 13.6 Å². The third kappa shape index (κ3) is 2.51. The molecule has 2 aromatic rings. The van der Waals surface area contributed by atoms with E-state index >= 15 is 0 Å². The summed E-state index contributed by atoms with van der Waals surface area (Å²) in [4.78, 5) is 11.9. The minimum Gasteiger partial charge on any atom is -0.399 e. The number of hydrogen-bond donors (Lipinski definition) is 2. The fourth-order valence-corrected chi connectivity index (χ4v) is 1.63. The maximum absolute atomic E-state index is 11.9. The number of anilines is 1. The van der Waals surface area contributed by atoms with Gasteiger partial charge in [0.05, 0.1) is 6.20 Å². The highest BCUT2D eigenvalue weighted by molar-refractivity contribution is 5.94. The molecule has 3 N–H and O–H groups in total. The van der Waals surface area contributed by atoms with Crippen LogP contribution in [0.3, 0.4) is 0 Å². The molecule has 18 heavy (non-hydrogen) atoms. The Hall–Kier alpha value is -2.30. The number of carbonyl (C=O) groups excluding carboxylic acids is 1. The van der Waals surface area contributed by atoms with Gasteiger partial charge in [-0.2, -0.15) is 5.10 Å². The molecule has 1 aromatic heterocycles. The normalized spacial score (nSPS) is 10.3. The van der Waals surface area contributed by atoms with Crippen molar-refractivity contribution in [2.45, 2.75) is 13.5 Å². The molecule has 0 radical (unpaired) electrons. The van der Waals surface area contributed by atoms with E-state index in [1.54, 1.807) is 35.1 Å². The molecule has 1 amide bonds. The lowest BCUT2D eigenvalue weighted by Gasteiger charge is -2.05. The zero-order chi connectivity index (χ0) is 13.1. The van der Waals surface area contributed by atoms with Crippen LogP contribution in [-0.4, -0.2) is 15.7 Å². The first-order valence-corrected chi connectivity index (χ1v) is 5.69. The number of nitrogen functional groups attached to an aromatic ring is 1. The van der Waals surface area contributed by atoms with Gasteiger partial charge in [0.15, 0.2) is 0 Å². The number of nitrogens with one attached hydrogen (secondary N) is 1. The third-order valence-electron chi connectivity index (χ3n) is 2.95. The number of hydrogen-bond acceptors (Lipinski definition) is 3. The molecule has 0 bridgehead atoms. The topological polar surface area (TPSA) is 72.9 Å². The summed E-state index contributed by atoms with van der Waals surface area (Å²) in [6.07, 6.45) is 1.76. The summed E-state index contributed by atoms with van der Waals surface area (Å²) < 4.78 is 1.78. The first-order chi connectivity index (χ1) is 8.58. The highest BCUT2D eigenvalue weighted by atomic mass is 16.1. The fourth-order valence-electron chi connectivity index (χ4n) is 1.63. The van der Waals surface area contributed by atoms with E-state index in [2.05, 4.69) is 10.4 Å². The molecule has 2 rings (SSSR count). The highest BCUT2D eigenvalue weighted by Crippen LogP contribution is 2.07. The molecule has 1 aromatic carbocycles. The number of nitrogens with zero attached hydrogens (tertiary/aromatic N) is 2. The van der Waals surface area contributed by atoms with Crippen LogP contribution >= 0.6 is 0 Å². The van der Waals surface area contributed by atoms with Gasteiger partial charge in [0.25, 0.3) is 5.91 Å². The Labute approximate surface area is 106 Å². The molecule has 1 heterocycles. The van der Waals surface area contributed by atoms with Crippen LogP contribution in [0.4, 0.5) is 5.69 Å². The second kappa shape index (κ2) is 4.91. The Morgan fingerprint density at radius 3 is 2.61 bits per heavy atom. The van der Waals surface area contributed by atoms with Gasteiger partial charge < -0.3 is 11.1 Å². The molecule has 0 aliphatic heterocycles. The molecule has 5 nitrogen and oxygen atoms in total. The van der Waals surface area contributed by atoms with Crippen molar-refractivity contribution < 1.29 is 4.79 Å². The summed E-state index contributed by atoms with van der Waals surface area (Å²) >= 11 is 0. The molecule has 0 fully saturated rings. The predicted molar refractivity (Wildman–Crippen MR) is 70.0 cm³/mol. The van der Waals surface area contributed by atoms with Crippen LogP contribution in [0.5, 0.6) is 0 Å². The number of rotatable bonds is 3. The van der Waals surface area contributed by atoms with Gasteiger partial charge in [-0.15, -0.1) is 0 Å². The van der Waals surface area contributed by atoms with Crippen molar-refractivity contribution >= 4 is 11.6 Å². The average molecular weight is 244 g/mol. The summed E-state index contributed by atoms with van der Waals surface area (Å²) in [5.41, 5.74) is 8.89. The Bertz CT molecular complexity index is 557. The van der Waals surface area contributed by atoms with Gasteiger partial charge in [-0.05, 0) is 31.2 Å². The minimum atomic E-state index is -0.113. The highest BCUT2D eigenvalue weighted by Gasteiger charge is 2.07. The second-order valence-corrected chi connectivity index (χ2v) is 4.18. The van der Waals surface area contributed by atoms with E-state index in [0.717, 1.165) is 11.3 Å². The van der Waals surface area contributed by atoms with Crippen molar-refractivity contribution in [3.8, 4) is 0 Å². The van der Waals surface area contributed by atoms with E-state index in [1.165, 1.54) is 0 Å². The first-order valence-electron chi connectivity index (χ1n) is 5.69. The summed E-state index contributed by atoms with van der Waals surface area (Å²) in [7, 11) is 1.88. The monoisotopic (exact) mass is 244 g/mol. The van der Waals surface area contributed by atoms with Crippen molar-refractivity contribution in [2.24, 2.45) is 7.05 Å². The van der Waals surface area contributed by atoms with E-state index in [-0.39, 0.29) is 5.91 Å². The zero-order valence-electron chi connectivity index (χ0n) is 10.5. The number of aromatic nitrogens is 2. The second-order valence-electron chi connectivity index (χ2n) is 4.18. The molecule has 0 unspecified atom stereocenters. The zero-order valence-corrected chi connectivity index (χ0v) is 10.5. The summed E-state index contributed by atoms with van der Waals surface area (Å²) in [6.45, 7) is 2.45. The smallest absolute Gasteiger partial charge is 0.251 e. The molecule has 0 saturated carbocycles. The van der Waals surface area contributed by atoms with Crippen molar-refractivity contribution in [1.82, 2.24) is 15.1 Å². The summed E-state index contributed by atoms with van der Waals surface area (Å²) in [5, 5.41) is 6.98. The van der Waals surface area contributed by atoms with Crippen molar-refractivity contribution in [3.63, 3.8) is 0 Å². The number of nitrogens with two attached hydrogens (primary N) is 1. The van der Waals surface area contributed by atoms with Gasteiger partial charge in [-0.1, -0.05) is 0 Å². The Morgan fingerprint density at radius 1 is 1.39 bits per heavy atom. The van der Waals surface area contributed by atoms with Crippen molar-refractivity contribution in [3.05, 3.63) is 47.3 Å². The summed E-state index contributed by atoms with van der Waals surface area (Å²) in [6, 6.07) is 6.84. The maximum atomic E-state index is 11.9. The van der Waals surface area contributed by atoms with Crippen LogP contribution in [0.1, 0.15) is 21.6 Å². The van der Waals surface area contributed by atoms with Gasteiger partial charge in [0.2, 0.25) is 0 Å². The lowest BCUT2D eigenvalue weighted by molar-refractivity contribution is 0.0951.